The summed E-state index contributed by atoms with van der Waals surface area (Å²) in [6.45, 7) is 5.49. The fraction of sp³-hybridized carbons (Fsp3) is 0.261. The monoisotopic (exact) mass is 550 g/mol. The Balaban J connectivity index is 0.00000341. The minimum absolute atomic E-state index is 0. The zero-order valence-corrected chi connectivity index (χ0v) is 21.0. The quantitative estimate of drug-likeness (QED) is 0.195. The van der Waals surface area contributed by atoms with E-state index in [0.717, 1.165) is 21.8 Å². The van der Waals surface area contributed by atoms with E-state index in [1.165, 1.54) is 4.88 Å². The van der Waals surface area contributed by atoms with Crippen LogP contribution in [-0.2, 0) is 24.4 Å². The Labute approximate surface area is 204 Å². The molecule has 0 spiro atoms. The highest BCUT2D eigenvalue weighted by Gasteiger charge is 2.09. The van der Waals surface area contributed by atoms with Gasteiger partial charge in [0.15, 0.2) is 5.96 Å². The third-order valence-electron chi connectivity index (χ3n) is 4.47. The molecule has 1 aromatic heterocycles. The molecule has 0 saturated carbocycles. The lowest BCUT2D eigenvalue weighted by atomic mass is 10.1. The second-order valence-corrected chi connectivity index (χ2v) is 8.07. The summed E-state index contributed by atoms with van der Waals surface area (Å²) in [5.74, 6) is 0.358. The first-order valence-electron chi connectivity index (χ1n) is 9.72. The number of benzene rings is 2. The molecule has 1 heterocycles. The zero-order chi connectivity index (χ0) is 21.3. The van der Waals surface area contributed by atoms with Crippen molar-refractivity contribution in [3.05, 3.63) is 86.9 Å². The van der Waals surface area contributed by atoms with Crippen molar-refractivity contribution in [3.8, 4) is 0 Å². The number of thiazole rings is 1. The van der Waals surface area contributed by atoms with Gasteiger partial charge in [0.05, 0.1) is 22.8 Å². The van der Waals surface area contributed by atoms with Crippen LogP contribution in [-0.4, -0.2) is 24.0 Å². The number of esters is 1. The van der Waals surface area contributed by atoms with Crippen LogP contribution in [0.3, 0.4) is 0 Å². The summed E-state index contributed by atoms with van der Waals surface area (Å²) in [4.78, 5) is 22.3. The van der Waals surface area contributed by atoms with Crippen LogP contribution in [0.25, 0.3) is 0 Å². The highest BCUT2D eigenvalue weighted by atomic mass is 127. The first-order chi connectivity index (χ1) is 14.5. The Hall–Kier alpha value is -2.46. The third kappa shape index (κ3) is 7.62. The van der Waals surface area contributed by atoms with Crippen LogP contribution in [0.1, 0.15) is 37.1 Å². The van der Waals surface area contributed by atoms with Crippen molar-refractivity contribution >= 4 is 47.2 Å². The number of carbonyl (C=O) groups excluding carboxylic acids is 1. The van der Waals surface area contributed by atoms with Crippen LogP contribution in [0.2, 0.25) is 0 Å². The van der Waals surface area contributed by atoms with Crippen LogP contribution >= 0.6 is 35.3 Å². The number of hydrogen-bond donors (Lipinski definition) is 2. The molecule has 2 N–H and O–H groups in total. The normalized spacial score (nSPS) is 10.9. The number of carbonyl (C=O) groups is 1. The van der Waals surface area contributed by atoms with E-state index in [9.17, 15) is 4.79 Å². The van der Waals surface area contributed by atoms with Crippen LogP contribution in [0, 0.1) is 13.8 Å². The first kappa shape index (κ1) is 24.8. The molecule has 0 bridgehead atoms. The number of nitrogens with one attached hydrogen (secondary N) is 2. The molecular formula is C23H27IN4O2S. The van der Waals surface area contributed by atoms with Crippen LogP contribution < -0.4 is 10.6 Å². The van der Waals surface area contributed by atoms with Gasteiger partial charge < -0.3 is 15.4 Å². The summed E-state index contributed by atoms with van der Waals surface area (Å²) in [5, 5.41) is 7.64. The number of aryl methyl sites for hydroxylation is 2. The standard InChI is InChI=1S/C23H26N4O2S.HI/c1-16-21(30-17(2)27-16)14-26-23(24-3)25-13-19-10-7-11-20(12-19)22(28)29-15-18-8-5-4-6-9-18;/h4-12H,13-15H2,1-3H3,(H2,24,25,26);1H. The predicted molar refractivity (Wildman–Crippen MR) is 136 cm³/mol. The van der Waals surface area contributed by atoms with Gasteiger partial charge in [-0.15, -0.1) is 35.3 Å². The van der Waals surface area contributed by atoms with Gasteiger partial charge in [0.1, 0.15) is 6.61 Å². The number of aliphatic imine (C=N–C) groups is 1. The number of rotatable bonds is 7. The van der Waals surface area contributed by atoms with E-state index in [4.69, 9.17) is 4.74 Å². The van der Waals surface area contributed by atoms with Crippen molar-refractivity contribution in [1.29, 1.82) is 0 Å². The van der Waals surface area contributed by atoms with E-state index in [1.807, 2.05) is 62.4 Å². The second kappa shape index (κ2) is 12.4. The maximum absolute atomic E-state index is 12.4. The molecule has 3 aromatic rings. The molecule has 0 atom stereocenters. The summed E-state index contributed by atoms with van der Waals surface area (Å²) in [6, 6.07) is 17.1. The number of nitrogens with zero attached hydrogens (tertiary/aromatic N) is 2. The van der Waals surface area contributed by atoms with Gasteiger partial charge in [-0.25, -0.2) is 9.78 Å². The molecule has 0 amide bonds. The van der Waals surface area contributed by atoms with E-state index >= 15 is 0 Å². The number of guanidine groups is 1. The van der Waals surface area contributed by atoms with Crippen LogP contribution in [0.5, 0.6) is 0 Å². The Morgan fingerprint density at radius 2 is 1.74 bits per heavy atom. The molecule has 6 nitrogen and oxygen atoms in total. The highest BCUT2D eigenvalue weighted by Crippen LogP contribution is 2.16. The van der Waals surface area contributed by atoms with Crippen molar-refractivity contribution in [2.24, 2.45) is 4.99 Å². The molecule has 0 fully saturated rings. The van der Waals surface area contributed by atoms with Crippen LogP contribution in [0.4, 0.5) is 0 Å². The summed E-state index contributed by atoms with van der Waals surface area (Å²) in [5.41, 5.74) is 3.51. The second-order valence-electron chi connectivity index (χ2n) is 6.78. The van der Waals surface area contributed by atoms with Crippen molar-refractivity contribution in [3.63, 3.8) is 0 Å². The van der Waals surface area contributed by atoms with E-state index in [0.29, 0.717) is 24.6 Å². The third-order valence-corrected chi connectivity index (χ3v) is 5.55. The SMILES string of the molecule is CN=C(NCc1cccc(C(=O)OCc2ccccc2)c1)NCc1sc(C)nc1C.I. The molecule has 0 unspecified atom stereocenters. The molecule has 164 valence electrons. The number of ether oxygens (including phenoxy) is 1. The molecule has 2 aromatic carbocycles. The Morgan fingerprint density at radius 3 is 2.42 bits per heavy atom. The van der Waals surface area contributed by atoms with Gasteiger partial charge in [0.2, 0.25) is 0 Å². The van der Waals surface area contributed by atoms with Gasteiger partial charge in [0.25, 0.3) is 0 Å². The Morgan fingerprint density at radius 1 is 1.03 bits per heavy atom. The van der Waals surface area contributed by atoms with Gasteiger partial charge in [-0.2, -0.15) is 0 Å². The van der Waals surface area contributed by atoms with Crippen molar-refractivity contribution in [2.45, 2.75) is 33.5 Å². The number of hydrogen-bond acceptors (Lipinski definition) is 5. The van der Waals surface area contributed by atoms with E-state index < -0.39 is 0 Å². The molecule has 0 aliphatic carbocycles. The maximum Gasteiger partial charge on any atom is 0.338 e. The molecular weight excluding hydrogens is 523 g/mol. The smallest absolute Gasteiger partial charge is 0.338 e. The number of halogens is 1. The fourth-order valence-corrected chi connectivity index (χ4v) is 3.80. The molecule has 0 aliphatic heterocycles. The van der Waals surface area contributed by atoms with E-state index in [2.05, 4.69) is 20.6 Å². The Bertz CT molecular complexity index is 1020. The van der Waals surface area contributed by atoms with Gasteiger partial charge in [-0.05, 0) is 37.1 Å². The lowest BCUT2D eigenvalue weighted by Crippen LogP contribution is -2.36. The van der Waals surface area contributed by atoms with E-state index in [1.54, 1.807) is 24.5 Å². The zero-order valence-electron chi connectivity index (χ0n) is 17.8. The van der Waals surface area contributed by atoms with Gasteiger partial charge >= 0.3 is 5.97 Å². The molecule has 8 heteroatoms. The molecule has 31 heavy (non-hydrogen) atoms. The Kier molecular flexibility index (Phi) is 9.93. The first-order valence-corrected chi connectivity index (χ1v) is 10.5. The summed E-state index contributed by atoms with van der Waals surface area (Å²) >= 11 is 1.68. The molecule has 0 radical (unpaired) electrons. The summed E-state index contributed by atoms with van der Waals surface area (Å²) < 4.78 is 5.42. The van der Waals surface area contributed by atoms with Crippen LogP contribution in [0.15, 0.2) is 59.6 Å². The van der Waals surface area contributed by atoms with Crippen molar-refractivity contribution in [1.82, 2.24) is 15.6 Å². The fourth-order valence-electron chi connectivity index (χ4n) is 2.92. The maximum atomic E-state index is 12.4. The topological polar surface area (TPSA) is 75.6 Å². The number of aromatic nitrogens is 1. The summed E-state index contributed by atoms with van der Waals surface area (Å²) in [6.07, 6.45) is 0. The van der Waals surface area contributed by atoms with E-state index in [-0.39, 0.29) is 36.6 Å². The largest absolute Gasteiger partial charge is 0.457 e. The summed E-state index contributed by atoms with van der Waals surface area (Å²) in [7, 11) is 1.73. The average Bonchev–Trinajstić information content (AvgIpc) is 3.10. The van der Waals surface area contributed by atoms with Gasteiger partial charge in [0, 0.05) is 18.5 Å². The lowest BCUT2D eigenvalue weighted by molar-refractivity contribution is 0.0472. The lowest BCUT2D eigenvalue weighted by Gasteiger charge is -2.12. The highest BCUT2D eigenvalue weighted by molar-refractivity contribution is 14.0. The molecule has 3 rings (SSSR count). The van der Waals surface area contributed by atoms with Gasteiger partial charge in [-0.3, -0.25) is 4.99 Å². The van der Waals surface area contributed by atoms with Gasteiger partial charge in [-0.1, -0.05) is 42.5 Å². The average molecular weight is 550 g/mol. The minimum atomic E-state index is -0.334. The van der Waals surface area contributed by atoms with Crippen molar-refractivity contribution < 1.29 is 9.53 Å². The molecule has 0 saturated heterocycles. The molecule has 0 aliphatic rings. The predicted octanol–water partition coefficient (Wildman–Crippen LogP) is 4.60. The van der Waals surface area contributed by atoms with Crippen molar-refractivity contribution in [2.75, 3.05) is 7.05 Å². The minimum Gasteiger partial charge on any atom is -0.457 e.